The quantitative estimate of drug-likeness (QED) is 0.591. The van der Waals surface area contributed by atoms with Crippen molar-refractivity contribution in [2.24, 2.45) is 17.4 Å². The fraction of sp³-hybridized carbons (Fsp3) is 0.462. The van der Waals surface area contributed by atoms with Gasteiger partial charge in [0.25, 0.3) is 0 Å². The third-order valence-corrected chi connectivity index (χ3v) is 3.61. The smallest absolute Gasteiger partial charge is 0.313 e. The molecule has 1 saturated carbocycles. The summed E-state index contributed by atoms with van der Waals surface area (Å²) < 4.78 is 5.44. The molecule has 0 aliphatic heterocycles. The first kappa shape index (κ1) is 14.3. The highest BCUT2D eigenvalue weighted by molar-refractivity contribution is 5.85. The van der Waals surface area contributed by atoms with E-state index in [2.05, 4.69) is 0 Å². The van der Waals surface area contributed by atoms with E-state index in [1.54, 1.807) is 19.1 Å². The van der Waals surface area contributed by atoms with Gasteiger partial charge in [0.2, 0.25) is 5.91 Å². The van der Waals surface area contributed by atoms with E-state index in [4.69, 9.17) is 16.2 Å². The highest BCUT2D eigenvalue weighted by Crippen LogP contribution is 2.39. The molecule has 0 spiro atoms. The molecule has 7 heteroatoms. The number of nitro benzene ring substituents is 1. The van der Waals surface area contributed by atoms with Crippen LogP contribution in [0.2, 0.25) is 0 Å². The molecule has 108 valence electrons. The first-order chi connectivity index (χ1) is 9.36. The van der Waals surface area contributed by atoms with Gasteiger partial charge < -0.3 is 16.2 Å². The molecular weight excluding hydrogens is 262 g/mol. The summed E-state index contributed by atoms with van der Waals surface area (Å²) in [6, 6.07) is 4.76. The van der Waals surface area contributed by atoms with Gasteiger partial charge in [-0.05, 0) is 31.7 Å². The Bertz CT molecular complexity index is 557. The van der Waals surface area contributed by atoms with Crippen LogP contribution in [0.15, 0.2) is 18.2 Å². The van der Waals surface area contributed by atoms with E-state index >= 15 is 0 Å². The van der Waals surface area contributed by atoms with Crippen molar-refractivity contribution in [3.8, 4) is 5.75 Å². The lowest BCUT2D eigenvalue weighted by atomic mass is 9.95. The Morgan fingerprint density at radius 3 is 2.70 bits per heavy atom. The Hall–Kier alpha value is -2.15. The second kappa shape index (κ2) is 5.09. The minimum absolute atomic E-state index is 0.0103. The van der Waals surface area contributed by atoms with Crippen molar-refractivity contribution in [3.63, 3.8) is 0 Å². The molecule has 0 bridgehead atoms. The summed E-state index contributed by atoms with van der Waals surface area (Å²) in [4.78, 5) is 22.0. The first-order valence-corrected chi connectivity index (χ1v) is 6.32. The first-order valence-electron chi connectivity index (χ1n) is 6.32. The van der Waals surface area contributed by atoms with Crippen molar-refractivity contribution in [2.45, 2.75) is 25.3 Å². The number of amides is 1. The zero-order chi connectivity index (χ0) is 14.9. The molecule has 0 radical (unpaired) electrons. The van der Waals surface area contributed by atoms with Gasteiger partial charge in [-0.25, -0.2) is 0 Å². The van der Waals surface area contributed by atoms with Crippen LogP contribution >= 0.6 is 0 Å². The van der Waals surface area contributed by atoms with Crippen molar-refractivity contribution in [1.29, 1.82) is 0 Å². The van der Waals surface area contributed by atoms with Crippen LogP contribution in [0.1, 0.15) is 18.4 Å². The lowest BCUT2D eigenvalue weighted by Crippen LogP contribution is -2.58. The normalized spacial score (nSPS) is 17.3. The van der Waals surface area contributed by atoms with Crippen LogP contribution in [0, 0.1) is 23.0 Å². The summed E-state index contributed by atoms with van der Waals surface area (Å²) in [6.07, 6.45) is 1.64. The minimum Gasteiger partial charge on any atom is -0.484 e. The van der Waals surface area contributed by atoms with Gasteiger partial charge in [0.15, 0.2) is 5.75 Å². The lowest BCUT2D eigenvalue weighted by Gasteiger charge is -2.25. The summed E-state index contributed by atoms with van der Waals surface area (Å²) >= 11 is 0. The number of primary amides is 1. The number of para-hydroxylation sites is 1. The molecule has 1 amide bonds. The van der Waals surface area contributed by atoms with Crippen LogP contribution in [0.3, 0.4) is 0 Å². The Labute approximate surface area is 116 Å². The monoisotopic (exact) mass is 279 g/mol. The van der Waals surface area contributed by atoms with E-state index in [-0.39, 0.29) is 24.0 Å². The number of carbonyl (C=O) groups is 1. The number of nitrogens with two attached hydrogens (primary N) is 2. The maximum Gasteiger partial charge on any atom is 0.313 e. The fourth-order valence-electron chi connectivity index (χ4n) is 2.17. The highest BCUT2D eigenvalue weighted by Gasteiger charge is 2.48. The molecule has 1 unspecified atom stereocenters. The third kappa shape index (κ3) is 2.57. The van der Waals surface area contributed by atoms with Gasteiger partial charge in [-0.1, -0.05) is 12.1 Å². The van der Waals surface area contributed by atoms with Crippen LogP contribution in [-0.2, 0) is 4.79 Å². The lowest BCUT2D eigenvalue weighted by molar-refractivity contribution is -0.386. The number of nitro groups is 1. The molecule has 1 aromatic rings. The van der Waals surface area contributed by atoms with Crippen molar-refractivity contribution in [3.05, 3.63) is 33.9 Å². The molecule has 0 heterocycles. The molecule has 1 atom stereocenters. The molecule has 1 aliphatic carbocycles. The van der Waals surface area contributed by atoms with E-state index < -0.39 is 16.4 Å². The average Bonchev–Trinajstić information content (AvgIpc) is 3.19. The topological polar surface area (TPSA) is 121 Å². The molecule has 0 aromatic heterocycles. The van der Waals surface area contributed by atoms with Gasteiger partial charge in [0.05, 0.1) is 4.92 Å². The van der Waals surface area contributed by atoms with Crippen LogP contribution in [0.4, 0.5) is 5.69 Å². The number of benzene rings is 1. The number of rotatable bonds is 6. The van der Waals surface area contributed by atoms with E-state index in [0.717, 1.165) is 12.8 Å². The van der Waals surface area contributed by atoms with Gasteiger partial charge in [-0.2, -0.15) is 0 Å². The fourth-order valence-corrected chi connectivity index (χ4v) is 2.17. The summed E-state index contributed by atoms with van der Waals surface area (Å²) in [5.74, 6) is -0.550. The predicted octanol–water partition coefficient (Wildman–Crippen LogP) is 0.875. The Morgan fingerprint density at radius 2 is 2.20 bits per heavy atom. The number of aryl methyl sites for hydroxylation is 1. The van der Waals surface area contributed by atoms with Crippen molar-refractivity contribution >= 4 is 11.6 Å². The van der Waals surface area contributed by atoms with Crippen LogP contribution in [-0.4, -0.2) is 23.0 Å². The van der Waals surface area contributed by atoms with Crippen molar-refractivity contribution in [2.75, 3.05) is 6.61 Å². The Kier molecular flexibility index (Phi) is 3.63. The van der Waals surface area contributed by atoms with Crippen molar-refractivity contribution in [1.82, 2.24) is 0 Å². The predicted molar refractivity (Wildman–Crippen MR) is 72.2 cm³/mol. The number of hydrogen-bond donors (Lipinski definition) is 2. The SMILES string of the molecule is Cc1cccc(OCC(N)(C(N)=O)C2CC2)c1[N+](=O)[O-]. The summed E-state index contributed by atoms with van der Waals surface area (Å²) in [5, 5.41) is 11.0. The summed E-state index contributed by atoms with van der Waals surface area (Å²) in [6.45, 7) is 1.47. The van der Waals surface area contributed by atoms with Gasteiger partial charge >= 0.3 is 5.69 Å². The zero-order valence-corrected chi connectivity index (χ0v) is 11.2. The number of ether oxygens (including phenoxy) is 1. The highest BCUT2D eigenvalue weighted by atomic mass is 16.6. The van der Waals surface area contributed by atoms with Gasteiger partial charge in [-0.15, -0.1) is 0 Å². The van der Waals surface area contributed by atoms with Crippen LogP contribution in [0.25, 0.3) is 0 Å². The average molecular weight is 279 g/mol. The molecule has 1 fully saturated rings. The standard InChI is InChI=1S/C13H17N3O4/c1-8-3-2-4-10(11(8)16(18)19)20-7-13(15,12(14)17)9-5-6-9/h2-4,9H,5-7,15H2,1H3,(H2,14,17). The van der Waals surface area contributed by atoms with Gasteiger partial charge in [0.1, 0.15) is 12.1 Å². The second-order valence-corrected chi connectivity index (χ2v) is 5.15. The molecule has 7 nitrogen and oxygen atoms in total. The maximum atomic E-state index is 11.5. The van der Waals surface area contributed by atoms with Crippen LogP contribution in [0.5, 0.6) is 5.75 Å². The third-order valence-electron chi connectivity index (χ3n) is 3.61. The summed E-state index contributed by atoms with van der Waals surface area (Å²) in [7, 11) is 0. The molecular formula is C13H17N3O4. The Balaban J connectivity index is 2.20. The number of nitrogens with zero attached hydrogens (tertiary/aromatic N) is 1. The Morgan fingerprint density at radius 1 is 1.55 bits per heavy atom. The van der Waals surface area contributed by atoms with Crippen molar-refractivity contribution < 1.29 is 14.5 Å². The number of hydrogen-bond acceptors (Lipinski definition) is 5. The minimum atomic E-state index is -1.27. The maximum absolute atomic E-state index is 11.5. The van der Waals surface area contributed by atoms with E-state index in [1.165, 1.54) is 6.07 Å². The molecule has 1 aliphatic rings. The van der Waals surface area contributed by atoms with Crippen LogP contribution < -0.4 is 16.2 Å². The molecule has 20 heavy (non-hydrogen) atoms. The molecule has 4 N–H and O–H groups in total. The second-order valence-electron chi connectivity index (χ2n) is 5.15. The van der Waals surface area contributed by atoms with E-state index in [9.17, 15) is 14.9 Å². The van der Waals surface area contributed by atoms with Gasteiger partial charge in [0, 0.05) is 5.56 Å². The van der Waals surface area contributed by atoms with Gasteiger partial charge in [-0.3, -0.25) is 14.9 Å². The molecule has 2 rings (SSSR count). The number of carbonyl (C=O) groups excluding carboxylic acids is 1. The van der Waals surface area contributed by atoms with E-state index in [1.807, 2.05) is 0 Å². The van der Waals surface area contributed by atoms with E-state index in [0.29, 0.717) is 5.56 Å². The molecule has 1 aromatic carbocycles. The summed E-state index contributed by atoms with van der Waals surface area (Å²) in [5.41, 5.74) is 10.4. The molecule has 0 saturated heterocycles. The largest absolute Gasteiger partial charge is 0.484 e. The zero-order valence-electron chi connectivity index (χ0n) is 11.2.